The lowest BCUT2D eigenvalue weighted by molar-refractivity contribution is 0.467. The predicted octanol–water partition coefficient (Wildman–Crippen LogP) is 1.57. The number of sulfonamides is 1. The van der Waals surface area contributed by atoms with Crippen LogP contribution in [0.25, 0.3) is 0 Å². The normalized spacial score (nSPS) is 27.2. The molecule has 2 N–H and O–H groups in total. The fourth-order valence-corrected chi connectivity index (χ4v) is 4.69. The van der Waals surface area contributed by atoms with Gasteiger partial charge in [0.2, 0.25) is 10.0 Å². The second-order valence-corrected chi connectivity index (χ2v) is 7.73. The Morgan fingerprint density at radius 3 is 2.40 bits per heavy atom. The van der Waals surface area contributed by atoms with Crippen molar-refractivity contribution in [2.75, 3.05) is 18.8 Å². The fraction of sp³-hybridized carbons (Fsp3) is 0.571. The van der Waals surface area contributed by atoms with Crippen LogP contribution >= 0.6 is 12.4 Å². The summed E-state index contributed by atoms with van der Waals surface area (Å²) >= 11 is 0. The molecular formula is C14H21ClN2O2S. The first-order valence-corrected chi connectivity index (χ1v) is 8.45. The quantitative estimate of drug-likeness (QED) is 0.917. The average Bonchev–Trinajstić information content (AvgIpc) is 3.09. The topological polar surface area (TPSA) is 63.4 Å². The zero-order chi connectivity index (χ0) is 13.5. The summed E-state index contributed by atoms with van der Waals surface area (Å²) in [6, 6.07) is 9.87. The van der Waals surface area contributed by atoms with Gasteiger partial charge in [-0.15, -0.1) is 12.4 Å². The Balaban J connectivity index is 0.00000147. The van der Waals surface area contributed by atoms with Crippen LogP contribution in [0, 0.1) is 5.92 Å². The van der Waals surface area contributed by atoms with Gasteiger partial charge in [-0.2, -0.15) is 4.31 Å². The molecule has 1 heterocycles. The molecule has 2 aliphatic rings. The Hall–Kier alpha value is -0.620. The van der Waals surface area contributed by atoms with Gasteiger partial charge in [0.25, 0.3) is 0 Å². The molecule has 112 valence electrons. The van der Waals surface area contributed by atoms with Gasteiger partial charge in [-0.25, -0.2) is 8.42 Å². The van der Waals surface area contributed by atoms with Crippen molar-refractivity contribution in [3.63, 3.8) is 0 Å². The van der Waals surface area contributed by atoms with E-state index in [4.69, 9.17) is 5.73 Å². The molecule has 2 atom stereocenters. The molecule has 1 saturated carbocycles. The summed E-state index contributed by atoms with van der Waals surface area (Å²) < 4.78 is 26.1. The van der Waals surface area contributed by atoms with E-state index in [1.807, 2.05) is 30.3 Å². The Bertz CT molecular complexity index is 546. The number of hydrogen-bond donors (Lipinski definition) is 1. The van der Waals surface area contributed by atoms with Crippen LogP contribution in [-0.4, -0.2) is 37.6 Å². The highest BCUT2D eigenvalue weighted by Gasteiger charge is 2.39. The lowest BCUT2D eigenvalue weighted by Crippen LogP contribution is -2.34. The first-order chi connectivity index (χ1) is 9.06. The minimum absolute atomic E-state index is 0. The van der Waals surface area contributed by atoms with E-state index in [1.165, 1.54) is 0 Å². The average molecular weight is 317 g/mol. The van der Waals surface area contributed by atoms with Gasteiger partial charge < -0.3 is 5.73 Å². The molecule has 1 aromatic rings. The first-order valence-electron chi connectivity index (χ1n) is 6.84. The van der Waals surface area contributed by atoms with Crippen molar-refractivity contribution in [2.24, 2.45) is 11.7 Å². The summed E-state index contributed by atoms with van der Waals surface area (Å²) in [5.74, 6) is 0.813. The van der Waals surface area contributed by atoms with E-state index in [-0.39, 0.29) is 24.4 Å². The maximum absolute atomic E-state index is 12.3. The van der Waals surface area contributed by atoms with Crippen LogP contribution in [0.1, 0.15) is 24.3 Å². The maximum atomic E-state index is 12.3. The molecule has 6 heteroatoms. The number of hydrogen-bond acceptors (Lipinski definition) is 3. The molecule has 4 nitrogen and oxygen atoms in total. The molecule has 2 fully saturated rings. The van der Waals surface area contributed by atoms with Crippen LogP contribution in [0.2, 0.25) is 0 Å². The molecule has 0 unspecified atom stereocenters. The van der Waals surface area contributed by atoms with E-state index in [0.29, 0.717) is 24.8 Å². The third kappa shape index (κ3) is 3.34. The van der Waals surface area contributed by atoms with Crippen LogP contribution in [0.15, 0.2) is 30.3 Å². The summed E-state index contributed by atoms with van der Waals surface area (Å²) in [6.45, 7) is 0.981. The molecule has 1 aliphatic carbocycles. The van der Waals surface area contributed by atoms with Crippen molar-refractivity contribution in [2.45, 2.75) is 24.8 Å². The van der Waals surface area contributed by atoms with E-state index < -0.39 is 10.0 Å². The van der Waals surface area contributed by atoms with E-state index in [9.17, 15) is 8.42 Å². The highest BCUT2D eigenvalue weighted by atomic mass is 35.5. The van der Waals surface area contributed by atoms with Gasteiger partial charge in [0.1, 0.15) is 0 Å². The summed E-state index contributed by atoms with van der Waals surface area (Å²) in [4.78, 5) is 0. The molecule has 1 aliphatic heterocycles. The second-order valence-electron chi connectivity index (χ2n) is 5.72. The van der Waals surface area contributed by atoms with E-state index in [1.54, 1.807) is 4.31 Å². The van der Waals surface area contributed by atoms with Crippen LogP contribution in [0.3, 0.4) is 0 Å². The largest absolute Gasteiger partial charge is 0.326 e. The number of nitrogens with zero attached hydrogens (tertiary/aromatic N) is 1. The highest BCUT2D eigenvalue weighted by molar-refractivity contribution is 7.89. The van der Waals surface area contributed by atoms with E-state index in [0.717, 1.165) is 18.4 Å². The third-order valence-electron chi connectivity index (χ3n) is 4.10. The van der Waals surface area contributed by atoms with Crippen molar-refractivity contribution >= 4 is 22.4 Å². The predicted molar refractivity (Wildman–Crippen MR) is 82.5 cm³/mol. The number of nitrogens with two attached hydrogens (primary N) is 1. The minimum Gasteiger partial charge on any atom is -0.326 e. The highest BCUT2D eigenvalue weighted by Crippen LogP contribution is 2.34. The Morgan fingerprint density at radius 2 is 1.80 bits per heavy atom. The third-order valence-corrected chi connectivity index (χ3v) is 6.07. The standard InChI is InChI=1S/C14H20N2O2S.ClH/c15-14-9-16(19(17,18)10-11-6-7-11)8-13(14)12-4-2-1-3-5-12;/h1-5,11,13-14H,6-10,15H2;1H/t13-,14+;/m0./s1. The van der Waals surface area contributed by atoms with Gasteiger partial charge in [-0.1, -0.05) is 30.3 Å². The van der Waals surface area contributed by atoms with Gasteiger partial charge in [-0.05, 0) is 24.3 Å². The zero-order valence-electron chi connectivity index (χ0n) is 11.3. The molecule has 1 aromatic carbocycles. The maximum Gasteiger partial charge on any atom is 0.214 e. The van der Waals surface area contributed by atoms with Gasteiger partial charge in [0.15, 0.2) is 0 Å². The van der Waals surface area contributed by atoms with E-state index in [2.05, 4.69) is 0 Å². The Kier molecular flexibility index (Phi) is 4.74. The summed E-state index contributed by atoms with van der Waals surface area (Å²) in [6.07, 6.45) is 2.11. The number of halogens is 1. The lowest BCUT2D eigenvalue weighted by Gasteiger charge is -2.16. The molecule has 0 spiro atoms. The first kappa shape index (κ1) is 15.8. The van der Waals surface area contributed by atoms with Gasteiger partial charge in [0.05, 0.1) is 5.75 Å². The van der Waals surface area contributed by atoms with Crippen molar-refractivity contribution in [1.82, 2.24) is 4.31 Å². The summed E-state index contributed by atoms with van der Waals surface area (Å²) in [5.41, 5.74) is 7.28. The van der Waals surface area contributed by atoms with Crippen LogP contribution in [0.5, 0.6) is 0 Å². The van der Waals surface area contributed by atoms with Gasteiger partial charge in [-0.3, -0.25) is 0 Å². The fourth-order valence-electron chi connectivity index (χ4n) is 2.76. The van der Waals surface area contributed by atoms with Crippen molar-refractivity contribution < 1.29 is 8.42 Å². The second kappa shape index (κ2) is 6.02. The van der Waals surface area contributed by atoms with E-state index >= 15 is 0 Å². The SMILES string of the molecule is Cl.N[C@@H]1CN(S(=O)(=O)CC2CC2)C[C@H]1c1ccccc1. The summed E-state index contributed by atoms with van der Waals surface area (Å²) in [5, 5.41) is 0. The van der Waals surface area contributed by atoms with Crippen molar-refractivity contribution in [3.8, 4) is 0 Å². The zero-order valence-corrected chi connectivity index (χ0v) is 12.9. The molecule has 20 heavy (non-hydrogen) atoms. The van der Waals surface area contributed by atoms with Crippen LogP contribution in [-0.2, 0) is 10.0 Å². The smallest absolute Gasteiger partial charge is 0.214 e. The number of benzene rings is 1. The molecule has 1 saturated heterocycles. The van der Waals surface area contributed by atoms with Crippen LogP contribution in [0.4, 0.5) is 0 Å². The Morgan fingerprint density at radius 1 is 1.15 bits per heavy atom. The molecule has 0 bridgehead atoms. The lowest BCUT2D eigenvalue weighted by atomic mass is 9.95. The summed E-state index contributed by atoms with van der Waals surface area (Å²) in [7, 11) is -3.12. The van der Waals surface area contributed by atoms with Crippen LogP contribution < -0.4 is 5.73 Å². The van der Waals surface area contributed by atoms with Gasteiger partial charge >= 0.3 is 0 Å². The monoisotopic (exact) mass is 316 g/mol. The van der Waals surface area contributed by atoms with Gasteiger partial charge in [0, 0.05) is 25.0 Å². The minimum atomic E-state index is -3.12. The molecule has 3 rings (SSSR count). The van der Waals surface area contributed by atoms with Crippen molar-refractivity contribution in [1.29, 1.82) is 0 Å². The molecule has 0 amide bonds. The number of rotatable bonds is 4. The Labute approximate surface area is 126 Å². The molecule has 0 radical (unpaired) electrons. The molecule has 0 aromatic heterocycles. The molecular weight excluding hydrogens is 296 g/mol. The van der Waals surface area contributed by atoms with Crippen molar-refractivity contribution in [3.05, 3.63) is 35.9 Å².